The first-order valence-corrected chi connectivity index (χ1v) is 9.29. The Hall–Kier alpha value is -3.20. The molecule has 0 atom stereocenters. The van der Waals surface area contributed by atoms with E-state index in [1.165, 1.54) is 17.4 Å². The Morgan fingerprint density at radius 3 is 2.79 bits per heavy atom. The second-order valence-electron chi connectivity index (χ2n) is 6.36. The summed E-state index contributed by atoms with van der Waals surface area (Å²) in [5.41, 5.74) is 3.85. The summed E-state index contributed by atoms with van der Waals surface area (Å²) in [7, 11) is 0. The predicted octanol–water partition coefficient (Wildman–Crippen LogP) is 4.77. The van der Waals surface area contributed by atoms with Crippen LogP contribution in [0.3, 0.4) is 0 Å². The fourth-order valence-electron chi connectivity index (χ4n) is 3.33. The highest BCUT2D eigenvalue weighted by Gasteiger charge is 2.19. The molecule has 6 nitrogen and oxygen atoms in total. The molecule has 28 heavy (non-hydrogen) atoms. The van der Waals surface area contributed by atoms with Gasteiger partial charge in [0.15, 0.2) is 11.5 Å². The summed E-state index contributed by atoms with van der Waals surface area (Å²) in [4.78, 5) is 14.6. The van der Waals surface area contributed by atoms with Gasteiger partial charge in [-0.05, 0) is 37.6 Å². The van der Waals surface area contributed by atoms with Gasteiger partial charge in [-0.15, -0.1) is 16.4 Å². The molecule has 4 heterocycles. The second kappa shape index (κ2) is 6.16. The molecule has 0 saturated carbocycles. The lowest BCUT2D eigenvalue weighted by Crippen LogP contribution is -2.03. The van der Waals surface area contributed by atoms with Crippen molar-refractivity contribution in [3.63, 3.8) is 0 Å². The molecule has 0 radical (unpaired) electrons. The van der Waals surface area contributed by atoms with E-state index < -0.39 is 6.61 Å². The molecule has 0 saturated heterocycles. The number of halogens is 2. The highest BCUT2D eigenvalue weighted by Crippen LogP contribution is 2.36. The maximum atomic E-state index is 12.7. The number of aryl methyl sites for hydroxylation is 2. The number of ether oxygens (including phenoxy) is 1. The lowest BCUT2D eigenvalue weighted by molar-refractivity contribution is -0.0494. The quantitative estimate of drug-likeness (QED) is 0.439. The van der Waals surface area contributed by atoms with Gasteiger partial charge in [-0.2, -0.15) is 8.78 Å². The van der Waals surface area contributed by atoms with Crippen LogP contribution in [0.5, 0.6) is 5.75 Å². The van der Waals surface area contributed by atoms with Crippen LogP contribution >= 0.6 is 11.3 Å². The first-order chi connectivity index (χ1) is 13.5. The van der Waals surface area contributed by atoms with Gasteiger partial charge in [0, 0.05) is 11.1 Å². The van der Waals surface area contributed by atoms with Crippen LogP contribution in [-0.2, 0) is 0 Å². The number of nitrogens with zero attached hydrogens (tertiary/aromatic N) is 5. The Kier molecular flexibility index (Phi) is 3.73. The number of aromatic nitrogens is 5. The highest BCUT2D eigenvalue weighted by molar-refractivity contribution is 7.26. The zero-order valence-electron chi connectivity index (χ0n) is 14.8. The molecule has 1 aromatic carbocycles. The topological polar surface area (TPSA) is 65.2 Å². The van der Waals surface area contributed by atoms with Crippen molar-refractivity contribution in [2.24, 2.45) is 0 Å². The molecule has 0 aliphatic heterocycles. The van der Waals surface area contributed by atoms with E-state index in [1.54, 1.807) is 29.0 Å². The average molecular weight is 397 g/mol. The van der Waals surface area contributed by atoms with Crippen molar-refractivity contribution < 1.29 is 13.5 Å². The standard InChI is InChI=1S/C19H13F2N5OS/c1-9-7-10(2)23-18-13(9)14-15(28-18)17-24-16(25-26(17)8-22-14)11-5-3-4-6-12(11)27-19(20)21/h3-8,19H,1-2H3. The molecular formula is C19H13F2N5OS. The van der Waals surface area contributed by atoms with Gasteiger partial charge in [0.2, 0.25) is 0 Å². The monoisotopic (exact) mass is 397 g/mol. The maximum absolute atomic E-state index is 12.7. The Labute approximate surface area is 161 Å². The van der Waals surface area contributed by atoms with E-state index in [0.29, 0.717) is 17.0 Å². The summed E-state index contributed by atoms with van der Waals surface area (Å²) in [5.74, 6) is 0.325. The van der Waals surface area contributed by atoms with Gasteiger partial charge in [-0.3, -0.25) is 0 Å². The normalized spacial score (nSPS) is 11.9. The molecule has 0 N–H and O–H groups in total. The number of fused-ring (bicyclic) bond motifs is 5. The minimum atomic E-state index is -2.92. The molecule has 5 aromatic rings. The predicted molar refractivity (Wildman–Crippen MR) is 103 cm³/mol. The van der Waals surface area contributed by atoms with Crippen LogP contribution in [-0.4, -0.2) is 31.2 Å². The largest absolute Gasteiger partial charge is 0.434 e. The lowest BCUT2D eigenvalue weighted by Gasteiger charge is -2.07. The minimum absolute atomic E-state index is 0.0297. The first-order valence-electron chi connectivity index (χ1n) is 8.47. The molecule has 0 aliphatic carbocycles. The van der Waals surface area contributed by atoms with Crippen LogP contribution in [0.25, 0.3) is 37.5 Å². The van der Waals surface area contributed by atoms with Crippen LogP contribution in [0.4, 0.5) is 8.78 Å². The average Bonchev–Trinajstić information content (AvgIpc) is 3.22. The SMILES string of the molecule is Cc1cc(C)c2c(n1)sc1c2ncn2nc(-c3ccccc3OC(F)F)nc12. The third-order valence-electron chi connectivity index (χ3n) is 4.44. The highest BCUT2D eigenvalue weighted by atomic mass is 32.1. The summed E-state index contributed by atoms with van der Waals surface area (Å²) in [5, 5.41) is 5.41. The van der Waals surface area contributed by atoms with E-state index in [1.807, 2.05) is 19.9 Å². The smallest absolute Gasteiger partial charge is 0.387 e. The van der Waals surface area contributed by atoms with Crippen molar-refractivity contribution in [3.05, 3.63) is 47.9 Å². The van der Waals surface area contributed by atoms with Crippen molar-refractivity contribution in [1.82, 2.24) is 24.6 Å². The van der Waals surface area contributed by atoms with Crippen LogP contribution in [0.2, 0.25) is 0 Å². The van der Waals surface area contributed by atoms with E-state index in [-0.39, 0.29) is 5.75 Å². The van der Waals surface area contributed by atoms with Gasteiger partial charge in [-0.1, -0.05) is 12.1 Å². The summed E-state index contributed by atoms with van der Waals surface area (Å²) in [6, 6.07) is 8.49. The molecule has 0 unspecified atom stereocenters. The number of rotatable bonds is 3. The molecule has 9 heteroatoms. The van der Waals surface area contributed by atoms with E-state index in [4.69, 9.17) is 0 Å². The van der Waals surface area contributed by atoms with E-state index in [0.717, 1.165) is 31.7 Å². The Morgan fingerprint density at radius 2 is 1.96 bits per heavy atom. The summed E-state index contributed by atoms with van der Waals surface area (Å²) in [6.45, 7) is 1.06. The number of pyridine rings is 1. The molecule has 0 spiro atoms. The number of alkyl halides is 2. The minimum Gasteiger partial charge on any atom is -0.434 e. The van der Waals surface area contributed by atoms with Crippen molar-refractivity contribution in [2.45, 2.75) is 20.5 Å². The van der Waals surface area contributed by atoms with Crippen molar-refractivity contribution in [1.29, 1.82) is 0 Å². The Balaban J connectivity index is 1.76. The number of hydrogen-bond acceptors (Lipinski definition) is 6. The van der Waals surface area contributed by atoms with Crippen LogP contribution < -0.4 is 4.74 Å². The van der Waals surface area contributed by atoms with Gasteiger partial charge < -0.3 is 4.74 Å². The number of para-hydroxylation sites is 1. The molecule has 140 valence electrons. The molecule has 4 aromatic heterocycles. The molecule has 0 amide bonds. The molecule has 0 fully saturated rings. The van der Waals surface area contributed by atoms with Crippen molar-refractivity contribution in [3.8, 4) is 17.1 Å². The van der Waals surface area contributed by atoms with Gasteiger partial charge in [0.1, 0.15) is 21.6 Å². The van der Waals surface area contributed by atoms with Crippen LogP contribution in [0, 0.1) is 13.8 Å². The van der Waals surface area contributed by atoms with Gasteiger partial charge >= 0.3 is 6.61 Å². The van der Waals surface area contributed by atoms with Crippen LogP contribution in [0.1, 0.15) is 11.3 Å². The van der Waals surface area contributed by atoms with E-state index in [9.17, 15) is 8.78 Å². The Bertz CT molecular complexity index is 1360. The molecular weight excluding hydrogens is 384 g/mol. The van der Waals surface area contributed by atoms with Gasteiger partial charge in [-0.25, -0.2) is 19.5 Å². The summed E-state index contributed by atoms with van der Waals surface area (Å²) < 4.78 is 32.5. The molecule has 0 aliphatic rings. The zero-order chi connectivity index (χ0) is 19.4. The van der Waals surface area contributed by atoms with Gasteiger partial charge in [0.05, 0.1) is 11.1 Å². The number of hydrogen-bond donors (Lipinski definition) is 0. The third kappa shape index (κ3) is 2.58. The summed E-state index contributed by atoms with van der Waals surface area (Å²) >= 11 is 1.49. The third-order valence-corrected chi connectivity index (χ3v) is 5.51. The zero-order valence-corrected chi connectivity index (χ0v) is 15.7. The van der Waals surface area contributed by atoms with Crippen LogP contribution in [0.15, 0.2) is 36.7 Å². The maximum Gasteiger partial charge on any atom is 0.387 e. The van der Waals surface area contributed by atoms with E-state index in [2.05, 4.69) is 24.8 Å². The number of thiophene rings is 1. The fraction of sp³-hybridized carbons (Fsp3) is 0.158. The van der Waals surface area contributed by atoms with Crippen molar-refractivity contribution >= 4 is 37.4 Å². The fourth-order valence-corrected chi connectivity index (χ4v) is 4.56. The first kappa shape index (κ1) is 16.9. The van der Waals surface area contributed by atoms with Crippen molar-refractivity contribution in [2.75, 3.05) is 0 Å². The second-order valence-corrected chi connectivity index (χ2v) is 7.36. The molecule has 5 rings (SSSR count). The van der Waals surface area contributed by atoms with Gasteiger partial charge in [0.25, 0.3) is 0 Å². The Morgan fingerprint density at radius 1 is 1.14 bits per heavy atom. The van der Waals surface area contributed by atoms with E-state index >= 15 is 0 Å². The molecule has 0 bridgehead atoms. The lowest BCUT2D eigenvalue weighted by atomic mass is 10.1. The summed E-state index contributed by atoms with van der Waals surface area (Å²) in [6.07, 6.45) is 1.58. The number of benzene rings is 1.